The summed E-state index contributed by atoms with van der Waals surface area (Å²) in [5.41, 5.74) is 4.10. The monoisotopic (exact) mass is 620 g/mol. The standard InChI is InChI=1S/C37H56N4O4/c1-26(2)33(42)39(11)23-28(5)22-37(8,9)20-21-38(10)35(44)29(6)14-15-30(7)36(45)41(13)25-32-18-16-31(17-19-32)24-40(12)34(43)27(3)4/h14-19,28H,1,3,20-25H2,2,4-13H3/b29-14+,30-15+. The van der Waals surface area contributed by atoms with Crippen molar-refractivity contribution in [3.8, 4) is 0 Å². The van der Waals surface area contributed by atoms with Crippen LogP contribution >= 0.6 is 0 Å². The Morgan fingerprint density at radius 3 is 1.49 bits per heavy atom. The van der Waals surface area contributed by atoms with Crippen molar-refractivity contribution in [3.05, 3.63) is 83.0 Å². The van der Waals surface area contributed by atoms with E-state index in [9.17, 15) is 19.2 Å². The number of likely N-dealkylation sites (N-methyl/N-ethyl adjacent to an activating group) is 4. The second kappa shape index (κ2) is 17.5. The van der Waals surface area contributed by atoms with Crippen LogP contribution in [0.2, 0.25) is 0 Å². The van der Waals surface area contributed by atoms with Crippen LogP contribution in [0.4, 0.5) is 0 Å². The minimum Gasteiger partial charge on any atom is -0.342 e. The Bertz CT molecular complexity index is 1310. The average Bonchev–Trinajstić information content (AvgIpc) is 2.96. The Labute approximate surface area is 272 Å². The van der Waals surface area contributed by atoms with Crippen LogP contribution in [-0.4, -0.2) is 84.5 Å². The van der Waals surface area contributed by atoms with E-state index < -0.39 is 0 Å². The number of hydrogen-bond acceptors (Lipinski definition) is 4. The maximum atomic E-state index is 13.0. The van der Waals surface area contributed by atoms with Gasteiger partial charge in [-0.3, -0.25) is 19.2 Å². The van der Waals surface area contributed by atoms with Crippen molar-refractivity contribution in [2.24, 2.45) is 11.3 Å². The average molecular weight is 621 g/mol. The van der Waals surface area contributed by atoms with Crippen LogP contribution in [0.3, 0.4) is 0 Å². The van der Waals surface area contributed by atoms with E-state index in [1.807, 2.05) is 24.3 Å². The number of hydrogen-bond donors (Lipinski definition) is 0. The summed E-state index contributed by atoms with van der Waals surface area (Å²) >= 11 is 0. The van der Waals surface area contributed by atoms with Crippen LogP contribution in [-0.2, 0) is 32.3 Å². The summed E-state index contributed by atoms with van der Waals surface area (Å²) < 4.78 is 0. The third-order valence-corrected chi connectivity index (χ3v) is 7.85. The van der Waals surface area contributed by atoms with Crippen molar-refractivity contribution in [3.63, 3.8) is 0 Å². The summed E-state index contributed by atoms with van der Waals surface area (Å²) in [6.07, 6.45) is 5.16. The topological polar surface area (TPSA) is 81.2 Å². The fourth-order valence-electron chi connectivity index (χ4n) is 5.32. The van der Waals surface area contributed by atoms with Crippen LogP contribution < -0.4 is 0 Å². The van der Waals surface area contributed by atoms with Crippen LogP contribution in [0.1, 0.15) is 72.4 Å². The van der Waals surface area contributed by atoms with Crippen LogP contribution in [0.15, 0.2) is 71.9 Å². The van der Waals surface area contributed by atoms with Crippen molar-refractivity contribution in [2.75, 3.05) is 41.3 Å². The van der Waals surface area contributed by atoms with Gasteiger partial charge in [-0.15, -0.1) is 0 Å². The van der Waals surface area contributed by atoms with Gasteiger partial charge in [0.15, 0.2) is 0 Å². The van der Waals surface area contributed by atoms with Gasteiger partial charge < -0.3 is 19.6 Å². The zero-order valence-electron chi connectivity index (χ0n) is 29.6. The second-order valence-corrected chi connectivity index (χ2v) is 13.5. The summed E-state index contributed by atoms with van der Waals surface area (Å²) in [5, 5.41) is 0. The molecule has 1 rings (SSSR count). The highest BCUT2D eigenvalue weighted by atomic mass is 16.2. The predicted octanol–water partition coefficient (Wildman–Crippen LogP) is 6.01. The van der Waals surface area contributed by atoms with Gasteiger partial charge in [0.25, 0.3) is 0 Å². The summed E-state index contributed by atoms with van der Waals surface area (Å²) in [4.78, 5) is 57.0. The lowest BCUT2D eigenvalue weighted by Crippen LogP contribution is -2.34. The number of amides is 4. The van der Waals surface area contributed by atoms with E-state index in [-0.39, 0.29) is 29.0 Å². The first-order chi connectivity index (χ1) is 20.7. The Morgan fingerprint density at radius 1 is 0.689 bits per heavy atom. The van der Waals surface area contributed by atoms with Crippen molar-refractivity contribution in [1.82, 2.24) is 19.6 Å². The fraction of sp³-hybridized carbons (Fsp3) is 0.514. The maximum Gasteiger partial charge on any atom is 0.249 e. The van der Waals surface area contributed by atoms with Gasteiger partial charge in [-0.25, -0.2) is 0 Å². The predicted molar refractivity (Wildman–Crippen MR) is 184 cm³/mol. The molecule has 45 heavy (non-hydrogen) atoms. The Kier molecular flexibility index (Phi) is 15.2. The first kappa shape index (κ1) is 39.1. The molecule has 1 aromatic carbocycles. The lowest BCUT2D eigenvalue weighted by molar-refractivity contribution is -0.127. The zero-order chi connectivity index (χ0) is 34.6. The molecule has 1 atom stereocenters. The van der Waals surface area contributed by atoms with Gasteiger partial charge in [0.1, 0.15) is 0 Å². The number of nitrogens with zero attached hydrogens (tertiary/aromatic N) is 4. The highest BCUT2D eigenvalue weighted by molar-refractivity contribution is 5.95. The van der Waals surface area contributed by atoms with Crippen molar-refractivity contribution in [2.45, 2.75) is 74.4 Å². The molecule has 0 aliphatic heterocycles. The molecule has 0 heterocycles. The number of carbonyl (C=O) groups is 4. The largest absolute Gasteiger partial charge is 0.342 e. The van der Waals surface area contributed by atoms with Crippen molar-refractivity contribution < 1.29 is 19.2 Å². The van der Waals surface area contributed by atoms with E-state index >= 15 is 0 Å². The minimum atomic E-state index is -0.123. The summed E-state index contributed by atoms with van der Waals surface area (Å²) in [6, 6.07) is 7.84. The Balaban J connectivity index is 2.69. The van der Waals surface area contributed by atoms with Crippen LogP contribution in [0.25, 0.3) is 0 Å². The molecular weight excluding hydrogens is 564 g/mol. The Hall–Kier alpha value is -3.94. The SMILES string of the molecule is C=C(C)C(=O)N(C)Cc1ccc(CN(C)C(=O)/C(C)=C/C=C(\C)C(=O)N(C)CCC(C)(C)CC(C)CN(C)C(=O)C(=C)C)cc1. The molecule has 1 aromatic rings. The maximum absolute atomic E-state index is 13.0. The molecule has 8 nitrogen and oxygen atoms in total. The first-order valence-corrected chi connectivity index (χ1v) is 15.5. The fourth-order valence-corrected chi connectivity index (χ4v) is 5.32. The molecule has 0 spiro atoms. The molecule has 248 valence electrons. The molecular formula is C37H56N4O4. The van der Waals surface area contributed by atoms with Crippen molar-refractivity contribution in [1.29, 1.82) is 0 Å². The molecule has 0 radical (unpaired) electrons. The molecule has 0 fully saturated rings. The molecule has 0 bridgehead atoms. The van der Waals surface area contributed by atoms with E-state index in [0.29, 0.717) is 54.4 Å². The molecule has 8 heteroatoms. The Morgan fingerprint density at radius 2 is 1.07 bits per heavy atom. The molecule has 0 N–H and O–H groups in total. The molecule has 0 aliphatic rings. The molecule has 0 saturated heterocycles. The third kappa shape index (κ3) is 13.3. The van der Waals surface area contributed by atoms with Gasteiger partial charge in [0, 0.05) is 76.7 Å². The molecule has 0 saturated carbocycles. The molecule has 0 aromatic heterocycles. The van der Waals surface area contributed by atoms with E-state index in [1.165, 1.54) is 0 Å². The number of rotatable bonds is 16. The van der Waals surface area contributed by atoms with Crippen LogP contribution in [0.5, 0.6) is 0 Å². The number of allylic oxidation sites excluding steroid dienone is 2. The van der Waals surface area contributed by atoms with Gasteiger partial charge in [0.05, 0.1) is 0 Å². The molecule has 1 unspecified atom stereocenters. The zero-order valence-corrected chi connectivity index (χ0v) is 29.6. The van der Waals surface area contributed by atoms with Gasteiger partial charge in [-0.05, 0) is 63.0 Å². The first-order valence-electron chi connectivity index (χ1n) is 15.5. The normalized spacial score (nSPS) is 12.7. The summed E-state index contributed by atoms with van der Waals surface area (Å²) in [6.45, 7) is 23.1. The minimum absolute atomic E-state index is 0.00741. The van der Waals surface area contributed by atoms with E-state index in [2.05, 4.69) is 33.9 Å². The van der Waals surface area contributed by atoms with Crippen molar-refractivity contribution >= 4 is 23.6 Å². The van der Waals surface area contributed by atoms with Gasteiger partial charge >= 0.3 is 0 Å². The smallest absolute Gasteiger partial charge is 0.249 e. The van der Waals surface area contributed by atoms with E-state index in [4.69, 9.17) is 0 Å². The molecule has 4 amide bonds. The summed E-state index contributed by atoms with van der Waals surface area (Å²) in [7, 11) is 7.10. The number of benzene rings is 1. The lowest BCUT2D eigenvalue weighted by Gasteiger charge is -2.32. The third-order valence-electron chi connectivity index (χ3n) is 7.85. The lowest BCUT2D eigenvalue weighted by atomic mass is 9.80. The highest BCUT2D eigenvalue weighted by Gasteiger charge is 2.24. The highest BCUT2D eigenvalue weighted by Crippen LogP contribution is 2.30. The van der Waals surface area contributed by atoms with Crippen LogP contribution in [0, 0.1) is 11.3 Å². The van der Waals surface area contributed by atoms with E-state index in [1.54, 1.807) is 87.6 Å². The second-order valence-electron chi connectivity index (χ2n) is 13.5. The van der Waals surface area contributed by atoms with E-state index in [0.717, 1.165) is 24.0 Å². The molecule has 0 aliphatic carbocycles. The van der Waals surface area contributed by atoms with Gasteiger partial charge in [-0.1, -0.05) is 70.3 Å². The summed E-state index contributed by atoms with van der Waals surface area (Å²) in [5.74, 6) is -0.0138. The van der Waals surface area contributed by atoms with Gasteiger partial charge in [0.2, 0.25) is 23.6 Å². The number of carbonyl (C=O) groups excluding carboxylic acids is 4. The van der Waals surface area contributed by atoms with Gasteiger partial charge in [-0.2, -0.15) is 0 Å². The quantitative estimate of drug-likeness (QED) is 0.168.